The van der Waals surface area contributed by atoms with Crippen molar-refractivity contribution in [3.63, 3.8) is 0 Å². The van der Waals surface area contributed by atoms with Gasteiger partial charge in [-0.05, 0) is 42.2 Å². The lowest BCUT2D eigenvalue weighted by atomic mass is 9.90. The fourth-order valence-corrected chi connectivity index (χ4v) is 3.57. The van der Waals surface area contributed by atoms with Gasteiger partial charge >= 0.3 is 6.03 Å². The number of hydrogen-bond donors (Lipinski definition) is 1. The van der Waals surface area contributed by atoms with Crippen molar-refractivity contribution in [2.24, 2.45) is 0 Å². The number of nitrogens with one attached hydrogen (secondary N) is 1. The lowest BCUT2D eigenvalue weighted by molar-refractivity contribution is -0.130. The predicted octanol–water partition coefficient (Wildman–Crippen LogP) is 4.12. The number of ether oxygens (including phenoxy) is 1. The Morgan fingerprint density at radius 3 is 2.38 bits per heavy atom. The summed E-state index contributed by atoms with van der Waals surface area (Å²) in [7, 11) is 1.48. The van der Waals surface area contributed by atoms with Gasteiger partial charge in [0.25, 0.3) is 5.91 Å². The van der Waals surface area contributed by atoms with E-state index < -0.39 is 23.3 Å². The monoisotopic (exact) mass is 414 g/mol. The van der Waals surface area contributed by atoms with Crippen molar-refractivity contribution in [2.75, 3.05) is 13.7 Å². The zero-order valence-corrected chi connectivity index (χ0v) is 17.5. The Morgan fingerprint density at radius 1 is 1.17 bits per heavy atom. The van der Waals surface area contributed by atoms with Gasteiger partial charge in [-0.2, -0.15) is 0 Å². The quantitative estimate of drug-likeness (QED) is 0.569. The van der Waals surface area contributed by atoms with E-state index in [2.05, 4.69) is 19.2 Å². The van der Waals surface area contributed by atoms with Crippen LogP contribution in [0.1, 0.15) is 48.2 Å². The van der Waals surface area contributed by atoms with Crippen LogP contribution in [-0.4, -0.2) is 36.3 Å². The van der Waals surface area contributed by atoms with Crippen LogP contribution >= 0.6 is 11.6 Å². The number of hydrogen-bond acceptors (Lipinski definition) is 4. The second-order valence-electron chi connectivity index (χ2n) is 7.50. The van der Waals surface area contributed by atoms with Crippen molar-refractivity contribution in [1.29, 1.82) is 0 Å². The molecule has 3 amide bonds. The van der Waals surface area contributed by atoms with E-state index in [0.29, 0.717) is 22.8 Å². The maximum Gasteiger partial charge on any atom is 0.325 e. The van der Waals surface area contributed by atoms with Gasteiger partial charge in [-0.1, -0.05) is 49.7 Å². The van der Waals surface area contributed by atoms with Crippen LogP contribution in [0.2, 0.25) is 5.02 Å². The average Bonchev–Trinajstić information content (AvgIpc) is 2.91. The Kier molecular flexibility index (Phi) is 5.66. The van der Waals surface area contributed by atoms with E-state index >= 15 is 0 Å². The third kappa shape index (κ3) is 3.85. The molecule has 0 aromatic heterocycles. The number of carbonyl (C=O) groups excluding carboxylic acids is 3. The van der Waals surface area contributed by atoms with Crippen LogP contribution in [0.5, 0.6) is 5.75 Å². The second kappa shape index (κ2) is 7.87. The lowest BCUT2D eigenvalue weighted by Gasteiger charge is -2.22. The van der Waals surface area contributed by atoms with Crippen LogP contribution in [0.25, 0.3) is 0 Å². The number of methoxy groups -OCH3 is 1. The average molecular weight is 415 g/mol. The van der Waals surface area contributed by atoms with Crippen molar-refractivity contribution in [3.05, 3.63) is 64.2 Å². The molecular weight excluding hydrogens is 392 g/mol. The molecule has 0 unspecified atom stereocenters. The summed E-state index contributed by atoms with van der Waals surface area (Å²) in [4.78, 5) is 39.1. The molecule has 2 aromatic carbocycles. The molecule has 0 spiro atoms. The molecule has 152 valence electrons. The van der Waals surface area contributed by atoms with E-state index in [1.807, 2.05) is 24.3 Å². The normalized spacial score (nSPS) is 18.9. The molecule has 0 radical (unpaired) electrons. The summed E-state index contributed by atoms with van der Waals surface area (Å²) in [6.45, 7) is 5.44. The molecule has 1 atom stereocenters. The molecule has 1 fully saturated rings. The molecule has 1 heterocycles. The van der Waals surface area contributed by atoms with Crippen molar-refractivity contribution in [3.8, 4) is 5.75 Å². The Morgan fingerprint density at radius 2 is 1.83 bits per heavy atom. The third-order valence-electron chi connectivity index (χ3n) is 5.21. The zero-order chi connectivity index (χ0) is 21.3. The summed E-state index contributed by atoms with van der Waals surface area (Å²) in [5.74, 6) is -0.0583. The molecule has 6 nitrogen and oxygen atoms in total. The fraction of sp³-hybridized carbons (Fsp3) is 0.318. The Hall–Kier alpha value is -2.86. The Balaban J connectivity index is 1.81. The Labute approximate surface area is 174 Å². The molecule has 3 rings (SSSR count). The lowest BCUT2D eigenvalue weighted by Crippen LogP contribution is -2.41. The van der Waals surface area contributed by atoms with Crippen LogP contribution in [0.4, 0.5) is 4.79 Å². The van der Waals surface area contributed by atoms with Crippen molar-refractivity contribution in [1.82, 2.24) is 10.2 Å². The first-order chi connectivity index (χ1) is 13.7. The van der Waals surface area contributed by atoms with Crippen LogP contribution in [0.15, 0.2) is 42.5 Å². The summed E-state index contributed by atoms with van der Waals surface area (Å²) in [5, 5.41) is 3.00. The molecule has 0 saturated carbocycles. The number of imide groups is 1. The molecule has 0 bridgehead atoms. The number of rotatable bonds is 6. The smallest absolute Gasteiger partial charge is 0.325 e. The van der Waals surface area contributed by atoms with Gasteiger partial charge in [0.05, 0.1) is 18.7 Å². The number of nitrogens with zero attached hydrogens (tertiary/aromatic N) is 1. The first kappa shape index (κ1) is 20.9. The highest BCUT2D eigenvalue weighted by molar-refractivity contribution is 6.32. The molecule has 29 heavy (non-hydrogen) atoms. The minimum absolute atomic E-state index is 0.283. The van der Waals surface area contributed by atoms with Crippen molar-refractivity contribution in [2.45, 2.75) is 32.2 Å². The molecule has 1 aliphatic rings. The number of Topliss-reactive ketones (excluding diaryl/α,β-unsaturated/α-hetero) is 1. The van der Waals surface area contributed by atoms with Gasteiger partial charge in [0.1, 0.15) is 11.3 Å². The van der Waals surface area contributed by atoms with Gasteiger partial charge in [0.15, 0.2) is 5.78 Å². The minimum Gasteiger partial charge on any atom is -0.495 e. The maximum absolute atomic E-state index is 13.0. The molecule has 1 N–H and O–H groups in total. The van der Waals surface area contributed by atoms with E-state index in [-0.39, 0.29) is 11.6 Å². The van der Waals surface area contributed by atoms with Gasteiger partial charge < -0.3 is 10.1 Å². The predicted molar refractivity (Wildman–Crippen MR) is 110 cm³/mol. The largest absolute Gasteiger partial charge is 0.495 e. The summed E-state index contributed by atoms with van der Waals surface area (Å²) >= 11 is 6.07. The van der Waals surface area contributed by atoms with Gasteiger partial charge in [0, 0.05) is 5.56 Å². The molecule has 2 aromatic rings. The maximum atomic E-state index is 13.0. The molecule has 0 aliphatic carbocycles. The summed E-state index contributed by atoms with van der Waals surface area (Å²) < 4.78 is 5.07. The highest BCUT2D eigenvalue weighted by Crippen LogP contribution is 2.30. The third-order valence-corrected chi connectivity index (χ3v) is 5.50. The fourth-order valence-electron chi connectivity index (χ4n) is 3.31. The van der Waals surface area contributed by atoms with Crippen LogP contribution < -0.4 is 10.1 Å². The number of urea groups is 1. The van der Waals surface area contributed by atoms with Crippen molar-refractivity contribution >= 4 is 29.3 Å². The van der Waals surface area contributed by atoms with E-state index in [4.69, 9.17) is 16.3 Å². The van der Waals surface area contributed by atoms with E-state index in [1.165, 1.54) is 13.2 Å². The van der Waals surface area contributed by atoms with Gasteiger partial charge in [0.2, 0.25) is 0 Å². The van der Waals surface area contributed by atoms with E-state index in [1.54, 1.807) is 19.1 Å². The summed E-state index contributed by atoms with van der Waals surface area (Å²) in [5.41, 5.74) is 0.885. The van der Waals surface area contributed by atoms with Gasteiger partial charge in [-0.15, -0.1) is 0 Å². The van der Waals surface area contributed by atoms with Crippen LogP contribution in [0, 0.1) is 0 Å². The molecule has 7 heteroatoms. The zero-order valence-electron chi connectivity index (χ0n) is 16.8. The van der Waals surface area contributed by atoms with Crippen molar-refractivity contribution < 1.29 is 19.1 Å². The van der Waals surface area contributed by atoms with Gasteiger partial charge in [-0.3, -0.25) is 14.5 Å². The molecule has 1 aliphatic heterocycles. The van der Waals surface area contributed by atoms with Crippen LogP contribution in [0.3, 0.4) is 0 Å². The van der Waals surface area contributed by atoms with Crippen LogP contribution in [-0.2, 0) is 10.3 Å². The number of amides is 3. The Bertz CT molecular complexity index is 971. The number of benzene rings is 2. The molecular formula is C22H23ClN2O4. The van der Waals surface area contributed by atoms with E-state index in [0.717, 1.165) is 10.5 Å². The number of halogens is 1. The second-order valence-corrected chi connectivity index (χ2v) is 7.90. The topological polar surface area (TPSA) is 75.7 Å². The standard InChI is InChI=1S/C22H23ClN2O4/c1-13(2)14-5-8-16(9-6-14)22(3)20(27)25(21(28)24-22)12-18(26)15-7-10-19(29-4)17(23)11-15/h5-11,13H,12H2,1-4H3,(H,24,28)/t22-/m1/s1. The number of ketones is 1. The van der Waals surface area contributed by atoms with E-state index in [9.17, 15) is 14.4 Å². The SMILES string of the molecule is COc1ccc(C(=O)CN2C(=O)N[C@](C)(c3ccc(C(C)C)cc3)C2=O)cc1Cl. The highest BCUT2D eigenvalue weighted by atomic mass is 35.5. The number of carbonyl (C=O) groups is 3. The highest BCUT2D eigenvalue weighted by Gasteiger charge is 2.49. The summed E-state index contributed by atoms with van der Waals surface area (Å²) in [6, 6.07) is 11.5. The van der Waals surface area contributed by atoms with Gasteiger partial charge in [-0.25, -0.2) is 4.79 Å². The first-order valence-corrected chi connectivity index (χ1v) is 9.66. The first-order valence-electron chi connectivity index (χ1n) is 9.28. The summed E-state index contributed by atoms with van der Waals surface area (Å²) in [6.07, 6.45) is 0. The minimum atomic E-state index is -1.22. The molecule has 1 saturated heterocycles.